The number of hydrogen-bond acceptors (Lipinski definition) is 7. The summed E-state index contributed by atoms with van der Waals surface area (Å²) in [7, 11) is 0. The van der Waals surface area contributed by atoms with Gasteiger partial charge in [-0.3, -0.25) is 4.79 Å². The van der Waals surface area contributed by atoms with Gasteiger partial charge in [0.2, 0.25) is 5.78 Å². The van der Waals surface area contributed by atoms with E-state index < -0.39 is 5.97 Å². The van der Waals surface area contributed by atoms with Gasteiger partial charge in [0.25, 0.3) is 0 Å². The van der Waals surface area contributed by atoms with E-state index in [9.17, 15) is 19.8 Å². The number of hydrogen-bond donors (Lipinski definition) is 3. The minimum atomic E-state index is -1.07. The number of nitrogens with zero attached hydrogens (tertiary/aromatic N) is 1. The summed E-state index contributed by atoms with van der Waals surface area (Å²) in [5.74, 6) is -1.05. The fraction of sp³-hybridized carbons (Fsp3) is 0. The van der Waals surface area contributed by atoms with Gasteiger partial charge in [0.15, 0.2) is 5.69 Å². The van der Waals surface area contributed by atoms with Crippen LogP contribution < -0.4 is 0 Å². The summed E-state index contributed by atoms with van der Waals surface area (Å²) >= 11 is 2.55. The molecule has 5 rings (SSSR count). The Morgan fingerprint density at radius 2 is 1.48 bits per heavy atom. The second kappa shape index (κ2) is 8.16. The van der Waals surface area contributed by atoms with Crippen molar-refractivity contribution in [1.82, 2.24) is 4.98 Å². The van der Waals surface area contributed by atoms with Gasteiger partial charge in [-0.2, -0.15) is 0 Å². The standard InChI is InChI=1S/C25H15NO5S2/c27-16-7-5-14(6-8-16)22(29)23-21(18-10-9-17(28)11-20(18)33-23)13-1-3-15(4-2-13)24-26-19(12-32-24)25(30)31/h1-12,27-28H,(H,30,31). The molecule has 33 heavy (non-hydrogen) atoms. The summed E-state index contributed by atoms with van der Waals surface area (Å²) in [4.78, 5) is 29.2. The van der Waals surface area contributed by atoms with Crippen LogP contribution in [-0.2, 0) is 0 Å². The summed E-state index contributed by atoms with van der Waals surface area (Å²) in [5.41, 5.74) is 2.80. The number of phenols is 2. The van der Waals surface area contributed by atoms with Crippen molar-refractivity contribution in [3.63, 3.8) is 0 Å². The minimum absolute atomic E-state index is 0.00416. The highest BCUT2D eigenvalue weighted by molar-refractivity contribution is 7.21. The Balaban J connectivity index is 1.62. The van der Waals surface area contributed by atoms with E-state index in [-0.39, 0.29) is 23.0 Å². The normalized spacial score (nSPS) is 11.0. The van der Waals surface area contributed by atoms with Gasteiger partial charge in [0, 0.05) is 32.2 Å². The summed E-state index contributed by atoms with van der Waals surface area (Å²) in [6, 6.07) is 18.6. The number of carbonyl (C=O) groups excluding carboxylic acids is 1. The van der Waals surface area contributed by atoms with Gasteiger partial charge in [0.1, 0.15) is 16.5 Å². The molecule has 3 N–H and O–H groups in total. The molecule has 2 heterocycles. The molecule has 0 unspecified atom stereocenters. The van der Waals surface area contributed by atoms with Crippen LogP contribution in [0.4, 0.5) is 0 Å². The number of ketones is 1. The topological polar surface area (TPSA) is 108 Å². The van der Waals surface area contributed by atoms with Gasteiger partial charge in [0.05, 0.1) is 4.88 Å². The Morgan fingerprint density at radius 1 is 0.818 bits per heavy atom. The number of thiophene rings is 1. The highest BCUT2D eigenvalue weighted by atomic mass is 32.1. The van der Waals surface area contributed by atoms with Crippen LogP contribution in [0.15, 0.2) is 72.1 Å². The Kier molecular flexibility index (Phi) is 5.16. The first-order valence-electron chi connectivity index (χ1n) is 9.79. The lowest BCUT2D eigenvalue weighted by atomic mass is 9.97. The maximum Gasteiger partial charge on any atom is 0.355 e. The average Bonchev–Trinajstić information content (AvgIpc) is 3.44. The molecule has 0 radical (unpaired) electrons. The Hall–Kier alpha value is -4.01. The zero-order chi connectivity index (χ0) is 23.1. The lowest BCUT2D eigenvalue weighted by Crippen LogP contribution is -2.00. The predicted molar refractivity (Wildman–Crippen MR) is 129 cm³/mol. The van der Waals surface area contributed by atoms with Gasteiger partial charge >= 0.3 is 5.97 Å². The van der Waals surface area contributed by atoms with Crippen molar-refractivity contribution in [3.8, 4) is 33.2 Å². The molecule has 0 aliphatic rings. The van der Waals surface area contributed by atoms with Gasteiger partial charge in [-0.1, -0.05) is 24.3 Å². The number of benzene rings is 3. The molecule has 0 bridgehead atoms. The molecule has 6 nitrogen and oxygen atoms in total. The van der Waals surface area contributed by atoms with Crippen LogP contribution >= 0.6 is 22.7 Å². The van der Waals surface area contributed by atoms with E-state index in [2.05, 4.69) is 4.98 Å². The van der Waals surface area contributed by atoms with Crippen LogP contribution in [0, 0.1) is 0 Å². The van der Waals surface area contributed by atoms with Crippen LogP contribution in [0.5, 0.6) is 11.5 Å². The third-order valence-corrected chi connectivity index (χ3v) is 7.20. The molecule has 0 saturated heterocycles. The molecule has 0 fully saturated rings. The largest absolute Gasteiger partial charge is 0.508 e. The number of carboxylic acids is 1. The van der Waals surface area contributed by atoms with Crippen molar-refractivity contribution in [3.05, 3.63) is 88.2 Å². The monoisotopic (exact) mass is 473 g/mol. The smallest absolute Gasteiger partial charge is 0.355 e. The maximum absolute atomic E-state index is 13.4. The highest BCUT2D eigenvalue weighted by Crippen LogP contribution is 2.42. The third-order valence-electron chi connectivity index (χ3n) is 5.15. The first-order chi connectivity index (χ1) is 15.9. The lowest BCUT2D eigenvalue weighted by molar-refractivity contribution is 0.0691. The van der Waals surface area contributed by atoms with Crippen LogP contribution in [0.2, 0.25) is 0 Å². The molecule has 5 aromatic rings. The number of fused-ring (bicyclic) bond motifs is 1. The van der Waals surface area contributed by atoms with Crippen LogP contribution in [0.1, 0.15) is 25.7 Å². The fourth-order valence-corrected chi connectivity index (χ4v) is 5.58. The van der Waals surface area contributed by atoms with E-state index in [1.165, 1.54) is 40.2 Å². The predicted octanol–water partition coefficient (Wildman–Crippen LogP) is 6.03. The van der Waals surface area contributed by atoms with Crippen molar-refractivity contribution < 1.29 is 24.9 Å². The van der Waals surface area contributed by atoms with Crippen LogP contribution in [0.3, 0.4) is 0 Å². The number of aromatic nitrogens is 1. The van der Waals surface area contributed by atoms with E-state index in [1.54, 1.807) is 30.3 Å². The average molecular weight is 474 g/mol. The van der Waals surface area contributed by atoms with Crippen molar-refractivity contribution in [2.45, 2.75) is 0 Å². The summed E-state index contributed by atoms with van der Waals surface area (Å²) in [6.45, 7) is 0. The molecule has 0 atom stereocenters. The van der Waals surface area contributed by atoms with E-state index in [1.807, 2.05) is 24.3 Å². The minimum Gasteiger partial charge on any atom is -0.508 e. The molecule has 0 aliphatic carbocycles. The molecule has 162 valence electrons. The molecule has 0 spiro atoms. The number of aromatic carboxylic acids is 1. The SMILES string of the molecule is O=C(O)c1csc(-c2ccc(-c3c(C(=O)c4ccc(O)cc4)sc4cc(O)ccc34)cc2)n1. The number of rotatable bonds is 5. The summed E-state index contributed by atoms with van der Waals surface area (Å²) < 4.78 is 0.780. The van der Waals surface area contributed by atoms with Crippen molar-refractivity contribution in [1.29, 1.82) is 0 Å². The number of carboxylic acid groups (broad SMARTS) is 1. The number of carbonyl (C=O) groups is 2. The summed E-state index contributed by atoms with van der Waals surface area (Å²) in [5, 5.41) is 31.5. The fourth-order valence-electron chi connectivity index (χ4n) is 3.56. The zero-order valence-corrected chi connectivity index (χ0v) is 18.5. The number of phenolic OH excluding ortho intramolecular Hbond substituents is 2. The van der Waals surface area contributed by atoms with Gasteiger partial charge in [-0.25, -0.2) is 9.78 Å². The van der Waals surface area contributed by atoms with Gasteiger partial charge in [-0.15, -0.1) is 22.7 Å². The molecular formula is C25H15NO5S2. The van der Waals surface area contributed by atoms with Crippen LogP contribution in [0.25, 0.3) is 31.8 Å². The first-order valence-corrected chi connectivity index (χ1v) is 11.5. The molecule has 0 saturated carbocycles. The lowest BCUT2D eigenvalue weighted by Gasteiger charge is -2.07. The van der Waals surface area contributed by atoms with E-state index in [0.29, 0.717) is 15.4 Å². The second-order valence-electron chi connectivity index (χ2n) is 7.28. The molecule has 0 amide bonds. The zero-order valence-electron chi connectivity index (χ0n) is 16.9. The Morgan fingerprint density at radius 3 is 2.15 bits per heavy atom. The number of thiazole rings is 1. The number of aromatic hydroxyl groups is 2. The second-order valence-corrected chi connectivity index (χ2v) is 9.19. The van der Waals surface area contributed by atoms with Crippen LogP contribution in [-0.4, -0.2) is 32.1 Å². The Labute approximate surface area is 195 Å². The highest BCUT2D eigenvalue weighted by Gasteiger charge is 2.22. The van der Waals surface area contributed by atoms with Crippen molar-refractivity contribution in [2.75, 3.05) is 0 Å². The molecule has 8 heteroatoms. The van der Waals surface area contributed by atoms with E-state index in [0.717, 1.165) is 26.8 Å². The molecule has 0 aliphatic heterocycles. The van der Waals surface area contributed by atoms with Crippen molar-refractivity contribution in [2.24, 2.45) is 0 Å². The van der Waals surface area contributed by atoms with E-state index in [4.69, 9.17) is 5.11 Å². The molecular weight excluding hydrogens is 458 g/mol. The van der Waals surface area contributed by atoms with E-state index >= 15 is 0 Å². The molecule has 3 aromatic carbocycles. The maximum atomic E-state index is 13.4. The first kappa shape index (κ1) is 20.9. The van der Waals surface area contributed by atoms with Gasteiger partial charge < -0.3 is 15.3 Å². The Bertz CT molecular complexity index is 1520. The third kappa shape index (κ3) is 3.86. The quantitative estimate of drug-likeness (QED) is 0.269. The van der Waals surface area contributed by atoms with Gasteiger partial charge in [-0.05, 0) is 48.0 Å². The summed E-state index contributed by atoms with van der Waals surface area (Å²) in [6.07, 6.45) is 0. The molecule has 2 aromatic heterocycles. The van der Waals surface area contributed by atoms with Crippen molar-refractivity contribution >= 4 is 44.5 Å².